The normalized spacial score (nSPS) is 10.4. The van der Waals surface area contributed by atoms with Gasteiger partial charge < -0.3 is 10.6 Å². The zero-order chi connectivity index (χ0) is 19.1. The molecule has 0 saturated carbocycles. The molecule has 0 bridgehead atoms. The number of aromatic amines is 1. The molecular formula is C20H20N4O3. The van der Waals surface area contributed by atoms with Gasteiger partial charge in [0.1, 0.15) is 0 Å². The van der Waals surface area contributed by atoms with Crippen LogP contribution >= 0.6 is 0 Å². The fourth-order valence-corrected chi connectivity index (χ4v) is 2.65. The highest BCUT2D eigenvalue weighted by Crippen LogP contribution is 2.11. The molecule has 3 aromatic rings. The number of benzene rings is 2. The van der Waals surface area contributed by atoms with Crippen LogP contribution in [0.3, 0.4) is 0 Å². The lowest BCUT2D eigenvalue weighted by molar-refractivity contribution is 0.252. The summed E-state index contributed by atoms with van der Waals surface area (Å²) in [6.45, 7) is 0.732. The second-order valence-electron chi connectivity index (χ2n) is 6.05. The van der Waals surface area contributed by atoms with Gasteiger partial charge in [-0.2, -0.15) is 0 Å². The Morgan fingerprint density at radius 3 is 2.52 bits per heavy atom. The fourth-order valence-electron chi connectivity index (χ4n) is 2.65. The van der Waals surface area contributed by atoms with Gasteiger partial charge in [-0.1, -0.05) is 42.5 Å². The van der Waals surface area contributed by atoms with Crippen LogP contribution in [-0.4, -0.2) is 22.4 Å². The van der Waals surface area contributed by atoms with Crippen LogP contribution in [0.1, 0.15) is 11.1 Å². The van der Waals surface area contributed by atoms with Gasteiger partial charge in [-0.25, -0.2) is 9.48 Å². The lowest BCUT2D eigenvalue weighted by Crippen LogP contribution is -2.30. The minimum absolute atomic E-state index is 0.208. The van der Waals surface area contributed by atoms with Crippen molar-refractivity contribution in [2.75, 3.05) is 11.9 Å². The van der Waals surface area contributed by atoms with Crippen molar-refractivity contribution in [3.63, 3.8) is 0 Å². The predicted molar refractivity (Wildman–Crippen MR) is 104 cm³/mol. The van der Waals surface area contributed by atoms with E-state index in [0.29, 0.717) is 12.2 Å². The second-order valence-corrected chi connectivity index (χ2v) is 6.05. The molecule has 0 aliphatic rings. The van der Waals surface area contributed by atoms with Crippen molar-refractivity contribution < 1.29 is 4.79 Å². The standard InChI is InChI=1S/C20H20N4O3/c25-18-9-10-19(26)24(23-18)14-16-7-4-8-17(13-16)22-20(27)21-12-11-15-5-2-1-3-6-15/h1-10,13H,11-12,14H2,(H,23,25)(H2,21,22,27). The number of H-pyrrole nitrogens is 1. The van der Waals surface area contributed by atoms with Crippen molar-refractivity contribution in [3.8, 4) is 0 Å². The smallest absolute Gasteiger partial charge is 0.319 e. The van der Waals surface area contributed by atoms with Crippen molar-refractivity contribution in [3.05, 3.63) is 98.6 Å². The highest BCUT2D eigenvalue weighted by Gasteiger charge is 2.04. The minimum Gasteiger partial charge on any atom is -0.338 e. The molecule has 0 unspecified atom stereocenters. The number of hydrogen-bond acceptors (Lipinski definition) is 3. The van der Waals surface area contributed by atoms with Crippen LogP contribution in [0.25, 0.3) is 0 Å². The lowest BCUT2D eigenvalue weighted by Gasteiger charge is -2.10. The summed E-state index contributed by atoms with van der Waals surface area (Å²) < 4.78 is 1.22. The summed E-state index contributed by atoms with van der Waals surface area (Å²) in [5.41, 5.74) is 1.90. The topological polar surface area (TPSA) is 96.0 Å². The number of carbonyl (C=O) groups is 1. The molecule has 0 atom stereocenters. The van der Waals surface area contributed by atoms with Crippen LogP contribution in [0.5, 0.6) is 0 Å². The van der Waals surface area contributed by atoms with E-state index < -0.39 is 0 Å². The molecule has 7 heteroatoms. The number of nitrogens with one attached hydrogen (secondary N) is 3. The first kappa shape index (κ1) is 18.2. The van der Waals surface area contributed by atoms with Gasteiger partial charge >= 0.3 is 6.03 Å². The van der Waals surface area contributed by atoms with Crippen LogP contribution in [-0.2, 0) is 13.0 Å². The van der Waals surface area contributed by atoms with E-state index >= 15 is 0 Å². The number of amides is 2. The number of hydrogen-bond donors (Lipinski definition) is 3. The first-order valence-electron chi connectivity index (χ1n) is 8.58. The van der Waals surface area contributed by atoms with E-state index in [1.54, 1.807) is 18.2 Å². The third kappa shape index (κ3) is 5.43. The van der Waals surface area contributed by atoms with Crippen molar-refractivity contribution in [2.45, 2.75) is 13.0 Å². The predicted octanol–water partition coefficient (Wildman–Crippen LogP) is 1.95. The molecule has 1 heterocycles. The second kappa shape index (κ2) is 8.66. The first-order valence-corrected chi connectivity index (χ1v) is 8.58. The molecule has 3 rings (SSSR count). The molecule has 138 valence electrons. The molecule has 3 N–H and O–H groups in total. The van der Waals surface area contributed by atoms with Gasteiger partial charge in [0, 0.05) is 24.4 Å². The average molecular weight is 364 g/mol. The fraction of sp³-hybridized carbons (Fsp3) is 0.150. The van der Waals surface area contributed by atoms with Crippen molar-refractivity contribution >= 4 is 11.7 Å². The number of urea groups is 1. The summed E-state index contributed by atoms with van der Waals surface area (Å²) >= 11 is 0. The Balaban J connectivity index is 1.57. The van der Waals surface area contributed by atoms with Crippen LogP contribution in [0.15, 0.2) is 76.3 Å². The van der Waals surface area contributed by atoms with Gasteiger partial charge in [0.05, 0.1) is 6.54 Å². The molecule has 2 amide bonds. The van der Waals surface area contributed by atoms with E-state index in [9.17, 15) is 14.4 Å². The van der Waals surface area contributed by atoms with Gasteiger partial charge in [0.15, 0.2) is 0 Å². The monoisotopic (exact) mass is 364 g/mol. The summed E-state index contributed by atoms with van der Waals surface area (Å²) in [5, 5.41) is 8.06. The van der Waals surface area contributed by atoms with Crippen molar-refractivity contribution in [1.29, 1.82) is 0 Å². The average Bonchev–Trinajstić information content (AvgIpc) is 2.66. The molecule has 1 aromatic heterocycles. The number of rotatable bonds is 6. The van der Waals surface area contributed by atoms with Crippen molar-refractivity contribution in [2.24, 2.45) is 0 Å². The van der Waals surface area contributed by atoms with Gasteiger partial charge in [0.25, 0.3) is 11.1 Å². The Morgan fingerprint density at radius 1 is 0.926 bits per heavy atom. The van der Waals surface area contributed by atoms with Crippen LogP contribution < -0.4 is 21.8 Å². The highest BCUT2D eigenvalue weighted by molar-refractivity contribution is 5.89. The SMILES string of the molecule is O=C(NCCc1ccccc1)Nc1cccc(Cn2[nH]c(=O)ccc2=O)c1. The molecule has 0 radical (unpaired) electrons. The summed E-state index contributed by atoms with van der Waals surface area (Å²) in [7, 11) is 0. The van der Waals surface area contributed by atoms with Gasteiger partial charge in [-0.15, -0.1) is 0 Å². The maximum absolute atomic E-state index is 12.0. The molecule has 0 saturated heterocycles. The third-order valence-corrected chi connectivity index (χ3v) is 3.96. The van der Waals surface area contributed by atoms with Gasteiger partial charge in [0.2, 0.25) is 0 Å². The van der Waals surface area contributed by atoms with Crippen LogP contribution in [0, 0.1) is 0 Å². The molecule has 0 aliphatic heterocycles. The summed E-state index contributed by atoms with van der Waals surface area (Å²) in [5.74, 6) is 0. The lowest BCUT2D eigenvalue weighted by atomic mass is 10.1. The zero-order valence-corrected chi connectivity index (χ0v) is 14.6. The molecule has 7 nitrogen and oxygen atoms in total. The van der Waals surface area contributed by atoms with E-state index in [0.717, 1.165) is 17.5 Å². The van der Waals surface area contributed by atoms with E-state index in [1.807, 2.05) is 36.4 Å². The summed E-state index contributed by atoms with van der Waals surface area (Å²) in [6, 6.07) is 19.1. The maximum atomic E-state index is 12.0. The molecule has 0 fully saturated rings. The van der Waals surface area contributed by atoms with E-state index in [1.165, 1.54) is 16.8 Å². The Hall–Kier alpha value is -3.61. The zero-order valence-electron chi connectivity index (χ0n) is 14.6. The van der Waals surface area contributed by atoms with E-state index in [4.69, 9.17) is 0 Å². The summed E-state index contributed by atoms with van der Waals surface area (Å²) in [6.07, 6.45) is 0.749. The van der Waals surface area contributed by atoms with Gasteiger partial charge in [-0.3, -0.25) is 14.7 Å². The first-order chi connectivity index (χ1) is 13.1. The largest absolute Gasteiger partial charge is 0.338 e. The highest BCUT2D eigenvalue weighted by atomic mass is 16.2. The minimum atomic E-state index is -0.346. The third-order valence-electron chi connectivity index (χ3n) is 3.96. The van der Waals surface area contributed by atoms with Gasteiger partial charge in [-0.05, 0) is 29.7 Å². The number of anilines is 1. The Morgan fingerprint density at radius 2 is 1.70 bits per heavy atom. The Kier molecular flexibility index (Phi) is 5.84. The Labute approximate surface area is 155 Å². The Bertz CT molecular complexity index is 1020. The number of carbonyl (C=O) groups excluding carboxylic acids is 1. The molecule has 27 heavy (non-hydrogen) atoms. The molecule has 0 aliphatic carbocycles. The summed E-state index contributed by atoms with van der Waals surface area (Å²) in [4.78, 5) is 35.2. The maximum Gasteiger partial charge on any atom is 0.319 e. The van der Waals surface area contributed by atoms with Crippen molar-refractivity contribution in [1.82, 2.24) is 15.1 Å². The van der Waals surface area contributed by atoms with E-state index in [2.05, 4.69) is 15.7 Å². The number of aromatic nitrogens is 2. The quantitative estimate of drug-likeness (QED) is 0.624. The molecular weight excluding hydrogens is 344 g/mol. The van der Waals surface area contributed by atoms with Crippen LogP contribution in [0.4, 0.5) is 10.5 Å². The number of nitrogens with zero attached hydrogens (tertiary/aromatic N) is 1. The molecule has 0 spiro atoms. The molecule has 2 aromatic carbocycles. The van der Waals surface area contributed by atoms with Crippen LogP contribution in [0.2, 0.25) is 0 Å². The van der Waals surface area contributed by atoms with E-state index in [-0.39, 0.29) is 23.7 Å².